The summed E-state index contributed by atoms with van der Waals surface area (Å²) in [5, 5.41) is 2.55. The smallest absolute Gasteiger partial charge is 0.257 e. The van der Waals surface area contributed by atoms with E-state index in [1.165, 1.54) is 17.4 Å². The fourth-order valence-corrected chi connectivity index (χ4v) is 3.81. The van der Waals surface area contributed by atoms with Gasteiger partial charge in [-0.25, -0.2) is 4.98 Å². The van der Waals surface area contributed by atoms with Crippen LogP contribution < -0.4 is 19.1 Å². The Bertz CT molecular complexity index is 1030. The van der Waals surface area contributed by atoms with E-state index in [9.17, 15) is 4.79 Å². The van der Waals surface area contributed by atoms with Gasteiger partial charge in [-0.3, -0.25) is 9.69 Å². The van der Waals surface area contributed by atoms with Gasteiger partial charge in [-0.05, 0) is 42.8 Å². The molecule has 6 nitrogen and oxygen atoms in total. The van der Waals surface area contributed by atoms with Gasteiger partial charge in [0, 0.05) is 11.5 Å². The standard InChI is InChI=1S/C22H20N2O4S/c1-15-14-29-22(23-15)24(17-6-4-3-5-7-17)20(25)9-8-16-12-18(26-2)21-19(13-16)27-10-11-28-21/h3-9,12-14H,10-11H2,1-2H3/b9-8+. The van der Waals surface area contributed by atoms with Gasteiger partial charge in [-0.2, -0.15) is 0 Å². The van der Waals surface area contributed by atoms with E-state index >= 15 is 0 Å². The van der Waals surface area contributed by atoms with Crippen molar-refractivity contribution in [2.45, 2.75) is 6.92 Å². The number of carbonyl (C=O) groups excluding carboxylic acids is 1. The molecule has 0 N–H and O–H groups in total. The predicted molar refractivity (Wildman–Crippen MR) is 113 cm³/mol. The summed E-state index contributed by atoms with van der Waals surface area (Å²) in [6.45, 7) is 2.87. The highest BCUT2D eigenvalue weighted by Crippen LogP contribution is 2.40. The molecule has 2 aromatic carbocycles. The van der Waals surface area contributed by atoms with Crippen LogP contribution in [0.4, 0.5) is 10.8 Å². The van der Waals surface area contributed by atoms with Gasteiger partial charge in [0.2, 0.25) is 5.75 Å². The Labute approximate surface area is 173 Å². The first-order chi connectivity index (χ1) is 14.2. The molecule has 0 saturated heterocycles. The zero-order chi connectivity index (χ0) is 20.2. The molecule has 3 aromatic rings. The first-order valence-corrected chi connectivity index (χ1v) is 10.0. The van der Waals surface area contributed by atoms with Crippen LogP contribution in [0.5, 0.6) is 17.2 Å². The van der Waals surface area contributed by atoms with Gasteiger partial charge < -0.3 is 14.2 Å². The average molecular weight is 408 g/mol. The van der Waals surface area contributed by atoms with E-state index in [0.717, 1.165) is 16.9 Å². The van der Waals surface area contributed by atoms with Crippen molar-refractivity contribution in [3.63, 3.8) is 0 Å². The number of thiazole rings is 1. The Hall–Kier alpha value is -3.32. The van der Waals surface area contributed by atoms with E-state index in [1.807, 2.05) is 54.8 Å². The lowest BCUT2D eigenvalue weighted by Crippen LogP contribution is -2.23. The van der Waals surface area contributed by atoms with Crippen LogP contribution in [0.2, 0.25) is 0 Å². The van der Waals surface area contributed by atoms with Crippen LogP contribution in [0.25, 0.3) is 6.08 Å². The highest BCUT2D eigenvalue weighted by atomic mass is 32.1. The van der Waals surface area contributed by atoms with Crippen LogP contribution in [0, 0.1) is 6.92 Å². The average Bonchev–Trinajstić information content (AvgIpc) is 3.18. The molecule has 1 aliphatic rings. The molecule has 0 spiro atoms. The first-order valence-electron chi connectivity index (χ1n) is 9.12. The number of ether oxygens (including phenoxy) is 3. The number of anilines is 2. The van der Waals surface area contributed by atoms with Gasteiger partial charge >= 0.3 is 0 Å². The van der Waals surface area contributed by atoms with Gasteiger partial charge in [-0.1, -0.05) is 18.2 Å². The molecular formula is C22H20N2O4S. The zero-order valence-corrected chi connectivity index (χ0v) is 16.9. The summed E-state index contributed by atoms with van der Waals surface area (Å²) in [6.07, 6.45) is 3.26. The predicted octanol–water partition coefficient (Wildman–Crippen LogP) is 4.61. The minimum atomic E-state index is -0.195. The molecule has 29 heavy (non-hydrogen) atoms. The van der Waals surface area contributed by atoms with Crippen LogP contribution in [-0.4, -0.2) is 31.2 Å². The molecule has 148 valence electrons. The molecule has 2 heterocycles. The highest BCUT2D eigenvalue weighted by Gasteiger charge is 2.20. The third kappa shape index (κ3) is 4.09. The van der Waals surface area contributed by atoms with Crippen molar-refractivity contribution >= 4 is 34.1 Å². The van der Waals surface area contributed by atoms with Crippen LogP contribution in [0.15, 0.2) is 53.9 Å². The molecule has 0 aliphatic carbocycles. The number of hydrogen-bond acceptors (Lipinski definition) is 6. The third-order valence-corrected chi connectivity index (χ3v) is 5.25. The molecule has 1 amide bonds. The minimum Gasteiger partial charge on any atom is -0.493 e. The van der Waals surface area contributed by atoms with E-state index in [0.29, 0.717) is 35.6 Å². The van der Waals surface area contributed by atoms with E-state index in [2.05, 4.69) is 4.98 Å². The number of para-hydroxylation sites is 1. The van der Waals surface area contributed by atoms with E-state index in [4.69, 9.17) is 14.2 Å². The zero-order valence-electron chi connectivity index (χ0n) is 16.1. The summed E-state index contributed by atoms with van der Waals surface area (Å²) >= 11 is 1.43. The Morgan fingerprint density at radius 3 is 2.72 bits per heavy atom. The van der Waals surface area contributed by atoms with Gasteiger partial charge in [-0.15, -0.1) is 11.3 Å². The number of amides is 1. The first kappa shape index (κ1) is 19.0. The molecule has 0 radical (unpaired) electrons. The monoisotopic (exact) mass is 408 g/mol. The maximum atomic E-state index is 13.1. The Morgan fingerprint density at radius 2 is 2.00 bits per heavy atom. The molecule has 1 aliphatic heterocycles. The molecule has 4 rings (SSSR count). The quantitative estimate of drug-likeness (QED) is 0.577. The fraction of sp³-hybridized carbons (Fsp3) is 0.182. The van der Waals surface area contributed by atoms with Crippen molar-refractivity contribution in [3.05, 3.63) is 65.2 Å². The lowest BCUT2D eigenvalue weighted by Gasteiger charge is -2.21. The van der Waals surface area contributed by atoms with Crippen molar-refractivity contribution in [3.8, 4) is 17.2 Å². The summed E-state index contributed by atoms with van der Waals surface area (Å²) in [7, 11) is 1.58. The molecule has 0 unspecified atom stereocenters. The summed E-state index contributed by atoms with van der Waals surface area (Å²) in [4.78, 5) is 19.2. The van der Waals surface area contributed by atoms with Crippen LogP contribution >= 0.6 is 11.3 Å². The summed E-state index contributed by atoms with van der Waals surface area (Å²) in [5.41, 5.74) is 2.42. The van der Waals surface area contributed by atoms with Crippen LogP contribution in [0.1, 0.15) is 11.3 Å². The number of hydrogen-bond donors (Lipinski definition) is 0. The normalized spacial score (nSPS) is 12.8. The van der Waals surface area contributed by atoms with Crippen molar-refractivity contribution in [2.24, 2.45) is 0 Å². The van der Waals surface area contributed by atoms with Crippen LogP contribution in [0.3, 0.4) is 0 Å². The minimum absolute atomic E-state index is 0.195. The number of benzene rings is 2. The molecule has 0 saturated carbocycles. The number of fused-ring (bicyclic) bond motifs is 1. The van der Waals surface area contributed by atoms with Crippen LogP contribution in [-0.2, 0) is 4.79 Å². The second-order valence-corrected chi connectivity index (χ2v) is 7.20. The number of rotatable bonds is 5. The van der Waals surface area contributed by atoms with Gasteiger partial charge in [0.25, 0.3) is 5.91 Å². The fourth-order valence-electron chi connectivity index (χ4n) is 2.98. The van der Waals surface area contributed by atoms with E-state index < -0.39 is 0 Å². The molecule has 0 fully saturated rings. The lowest BCUT2D eigenvalue weighted by molar-refractivity contribution is -0.113. The second kappa shape index (κ2) is 8.36. The number of aryl methyl sites for hydroxylation is 1. The Morgan fingerprint density at radius 1 is 1.21 bits per heavy atom. The second-order valence-electron chi connectivity index (χ2n) is 6.36. The van der Waals surface area contributed by atoms with E-state index in [-0.39, 0.29) is 5.91 Å². The molecule has 0 atom stereocenters. The highest BCUT2D eigenvalue weighted by molar-refractivity contribution is 7.14. The topological polar surface area (TPSA) is 60.9 Å². The molecule has 1 aromatic heterocycles. The molecule has 7 heteroatoms. The summed E-state index contributed by atoms with van der Waals surface area (Å²) in [5.74, 6) is 1.58. The van der Waals surface area contributed by atoms with Gasteiger partial charge in [0.05, 0.1) is 18.5 Å². The Kier molecular flexibility index (Phi) is 5.48. The maximum Gasteiger partial charge on any atom is 0.257 e. The SMILES string of the molecule is COc1cc(/C=C/C(=O)N(c2ccccc2)c2nc(C)cs2)cc2c1OCCO2. The van der Waals surface area contributed by atoms with Crippen molar-refractivity contribution in [1.82, 2.24) is 4.98 Å². The number of carbonyl (C=O) groups is 1. The largest absolute Gasteiger partial charge is 0.493 e. The molecular weight excluding hydrogens is 388 g/mol. The maximum absolute atomic E-state index is 13.1. The lowest BCUT2D eigenvalue weighted by atomic mass is 10.1. The van der Waals surface area contributed by atoms with Crippen molar-refractivity contribution < 1.29 is 19.0 Å². The van der Waals surface area contributed by atoms with Crippen molar-refractivity contribution in [1.29, 1.82) is 0 Å². The van der Waals surface area contributed by atoms with E-state index in [1.54, 1.807) is 18.1 Å². The number of aromatic nitrogens is 1. The molecule has 0 bridgehead atoms. The van der Waals surface area contributed by atoms with Gasteiger partial charge in [0.15, 0.2) is 16.6 Å². The summed E-state index contributed by atoms with van der Waals surface area (Å²) < 4.78 is 16.7. The number of nitrogens with zero attached hydrogens (tertiary/aromatic N) is 2. The van der Waals surface area contributed by atoms with Gasteiger partial charge in [0.1, 0.15) is 13.2 Å². The number of methoxy groups -OCH3 is 1. The van der Waals surface area contributed by atoms with Crippen molar-refractivity contribution in [2.75, 3.05) is 25.2 Å². The Balaban J connectivity index is 1.65. The summed E-state index contributed by atoms with van der Waals surface area (Å²) in [6, 6.07) is 13.1. The third-order valence-electron chi connectivity index (χ3n) is 4.30.